The van der Waals surface area contributed by atoms with Crippen molar-refractivity contribution in [2.24, 2.45) is 0 Å². The van der Waals surface area contributed by atoms with E-state index in [2.05, 4.69) is 5.10 Å². The Morgan fingerprint density at radius 1 is 1.39 bits per heavy atom. The highest BCUT2D eigenvalue weighted by molar-refractivity contribution is 6.31. The Morgan fingerprint density at radius 2 is 2.11 bits per heavy atom. The van der Waals surface area contributed by atoms with Gasteiger partial charge in [0.25, 0.3) is 0 Å². The molecule has 4 nitrogen and oxygen atoms in total. The summed E-state index contributed by atoms with van der Waals surface area (Å²) < 4.78 is 7.01. The zero-order chi connectivity index (χ0) is 13.3. The molecule has 96 valence electrons. The molecule has 0 radical (unpaired) electrons. The summed E-state index contributed by atoms with van der Waals surface area (Å²) in [6.07, 6.45) is 1.79. The number of aliphatic hydroxyl groups is 1. The van der Waals surface area contributed by atoms with Gasteiger partial charge in [-0.25, -0.2) is 4.68 Å². The predicted molar refractivity (Wildman–Crippen MR) is 70.5 cm³/mol. The lowest BCUT2D eigenvalue weighted by Crippen LogP contribution is -2.00. The Balaban J connectivity index is 2.58. The summed E-state index contributed by atoms with van der Waals surface area (Å²) >= 11 is 6.07. The van der Waals surface area contributed by atoms with Crippen molar-refractivity contribution < 1.29 is 9.84 Å². The first-order valence-corrected chi connectivity index (χ1v) is 5.95. The third kappa shape index (κ3) is 2.21. The van der Waals surface area contributed by atoms with Crippen molar-refractivity contribution in [2.75, 3.05) is 7.11 Å². The number of rotatable bonds is 3. The van der Waals surface area contributed by atoms with Crippen molar-refractivity contribution in [1.82, 2.24) is 9.78 Å². The van der Waals surface area contributed by atoms with Crippen LogP contribution in [0.2, 0.25) is 5.02 Å². The number of aliphatic hydroxyl groups excluding tert-OH is 1. The van der Waals surface area contributed by atoms with Gasteiger partial charge in [0.1, 0.15) is 11.4 Å². The quantitative estimate of drug-likeness (QED) is 0.929. The number of benzene rings is 1. The molecule has 1 N–H and O–H groups in total. The average Bonchev–Trinajstić information content (AvgIpc) is 2.73. The van der Waals surface area contributed by atoms with Gasteiger partial charge in [-0.05, 0) is 25.5 Å². The Morgan fingerprint density at radius 3 is 2.67 bits per heavy atom. The number of nitrogens with zero attached hydrogens (tertiary/aromatic N) is 2. The van der Waals surface area contributed by atoms with Crippen LogP contribution in [0.4, 0.5) is 0 Å². The number of methoxy groups -OCH3 is 1. The molecule has 0 aliphatic carbocycles. The fraction of sp³-hybridized carbons (Fsp3) is 0.308. The molecular weight excluding hydrogens is 252 g/mol. The van der Waals surface area contributed by atoms with Gasteiger partial charge in [0.2, 0.25) is 0 Å². The second-order valence-corrected chi connectivity index (χ2v) is 4.52. The standard InChI is InChI=1S/C13H15ClN2O2/c1-8-4-12(13(18-3)5-11(8)14)16-6-10(7-17)9(2)15-16/h4-6,17H,7H2,1-3H3. The van der Waals surface area contributed by atoms with Crippen molar-refractivity contribution in [2.45, 2.75) is 20.5 Å². The molecule has 2 rings (SSSR count). The highest BCUT2D eigenvalue weighted by Gasteiger charge is 2.12. The van der Waals surface area contributed by atoms with E-state index in [1.165, 1.54) is 0 Å². The molecule has 1 aromatic carbocycles. The third-order valence-electron chi connectivity index (χ3n) is 2.88. The number of hydrogen-bond donors (Lipinski definition) is 1. The molecule has 1 aromatic heterocycles. The lowest BCUT2D eigenvalue weighted by atomic mass is 10.2. The summed E-state index contributed by atoms with van der Waals surface area (Å²) in [7, 11) is 1.59. The van der Waals surface area contributed by atoms with E-state index in [1.54, 1.807) is 24.1 Å². The SMILES string of the molecule is COc1cc(Cl)c(C)cc1-n1cc(CO)c(C)n1. The number of aromatic nitrogens is 2. The van der Waals surface area contributed by atoms with Gasteiger partial charge in [-0.1, -0.05) is 11.6 Å². The van der Waals surface area contributed by atoms with Crippen molar-refractivity contribution in [1.29, 1.82) is 0 Å². The topological polar surface area (TPSA) is 47.3 Å². The molecule has 2 aromatic rings. The van der Waals surface area contributed by atoms with Gasteiger partial charge in [0.15, 0.2) is 0 Å². The van der Waals surface area contributed by atoms with E-state index >= 15 is 0 Å². The van der Waals surface area contributed by atoms with E-state index in [1.807, 2.05) is 19.9 Å². The van der Waals surface area contributed by atoms with E-state index in [-0.39, 0.29) is 6.61 Å². The first-order valence-electron chi connectivity index (χ1n) is 5.57. The van der Waals surface area contributed by atoms with Crippen LogP contribution in [0.15, 0.2) is 18.3 Å². The lowest BCUT2D eigenvalue weighted by molar-refractivity contribution is 0.281. The highest BCUT2D eigenvalue weighted by Crippen LogP contribution is 2.29. The van der Waals surface area contributed by atoms with Gasteiger partial charge in [0.05, 0.1) is 19.4 Å². The van der Waals surface area contributed by atoms with Crippen molar-refractivity contribution in [3.63, 3.8) is 0 Å². The molecule has 0 unspecified atom stereocenters. The zero-order valence-electron chi connectivity index (χ0n) is 10.6. The molecule has 5 heteroatoms. The summed E-state index contributed by atoms with van der Waals surface area (Å²) in [4.78, 5) is 0. The van der Waals surface area contributed by atoms with E-state index in [9.17, 15) is 5.11 Å². The minimum absolute atomic E-state index is 0.0271. The van der Waals surface area contributed by atoms with Crippen LogP contribution >= 0.6 is 11.6 Å². The van der Waals surface area contributed by atoms with E-state index in [4.69, 9.17) is 16.3 Å². The molecule has 0 saturated carbocycles. The molecule has 0 aliphatic rings. The fourth-order valence-electron chi connectivity index (χ4n) is 1.76. The molecule has 0 amide bonds. The predicted octanol–water partition coefficient (Wildman–Crippen LogP) is 2.64. The Bertz CT molecular complexity index is 579. The highest BCUT2D eigenvalue weighted by atomic mass is 35.5. The van der Waals surface area contributed by atoms with Crippen molar-refractivity contribution in [3.05, 3.63) is 40.2 Å². The van der Waals surface area contributed by atoms with Crippen LogP contribution in [-0.4, -0.2) is 22.0 Å². The van der Waals surface area contributed by atoms with E-state index in [0.29, 0.717) is 10.8 Å². The first kappa shape index (κ1) is 12.9. The molecule has 0 aliphatic heterocycles. The Labute approximate surface area is 111 Å². The molecule has 0 atom stereocenters. The maximum absolute atomic E-state index is 9.20. The van der Waals surface area contributed by atoms with Crippen LogP contribution in [0.3, 0.4) is 0 Å². The Kier molecular flexibility index (Phi) is 3.59. The van der Waals surface area contributed by atoms with Gasteiger partial charge in [-0.2, -0.15) is 5.10 Å². The molecule has 0 saturated heterocycles. The minimum Gasteiger partial charge on any atom is -0.494 e. The van der Waals surface area contributed by atoms with Gasteiger partial charge in [-0.15, -0.1) is 0 Å². The fourth-order valence-corrected chi connectivity index (χ4v) is 1.92. The molecule has 1 heterocycles. The summed E-state index contributed by atoms with van der Waals surface area (Å²) in [5.41, 5.74) is 3.35. The van der Waals surface area contributed by atoms with E-state index < -0.39 is 0 Å². The lowest BCUT2D eigenvalue weighted by Gasteiger charge is -2.10. The minimum atomic E-state index is -0.0271. The summed E-state index contributed by atoms with van der Waals surface area (Å²) in [6, 6.07) is 3.68. The van der Waals surface area contributed by atoms with Gasteiger partial charge in [-0.3, -0.25) is 0 Å². The zero-order valence-corrected chi connectivity index (χ0v) is 11.3. The number of halogens is 1. The second kappa shape index (κ2) is 5.00. The Hall–Kier alpha value is -1.52. The van der Waals surface area contributed by atoms with Gasteiger partial charge >= 0.3 is 0 Å². The smallest absolute Gasteiger partial charge is 0.146 e. The van der Waals surface area contributed by atoms with Crippen LogP contribution in [0.5, 0.6) is 5.75 Å². The van der Waals surface area contributed by atoms with Crippen molar-refractivity contribution in [3.8, 4) is 11.4 Å². The average molecular weight is 267 g/mol. The normalized spacial score (nSPS) is 10.7. The maximum Gasteiger partial charge on any atom is 0.146 e. The molecule has 0 fully saturated rings. The third-order valence-corrected chi connectivity index (χ3v) is 3.29. The van der Waals surface area contributed by atoms with Crippen LogP contribution in [-0.2, 0) is 6.61 Å². The molecular formula is C13H15ClN2O2. The monoisotopic (exact) mass is 266 g/mol. The maximum atomic E-state index is 9.20. The largest absolute Gasteiger partial charge is 0.494 e. The summed E-state index contributed by atoms with van der Waals surface area (Å²) in [5.74, 6) is 0.651. The van der Waals surface area contributed by atoms with Gasteiger partial charge < -0.3 is 9.84 Å². The van der Waals surface area contributed by atoms with Crippen LogP contribution in [0, 0.1) is 13.8 Å². The van der Waals surface area contributed by atoms with Crippen LogP contribution < -0.4 is 4.74 Å². The summed E-state index contributed by atoms with van der Waals surface area (Å²) in [6.45, 7) is 3.76. The molecule has 0 spiro atoms. The number of ether oxygens (including phenoxy) is 1. The van der Waals surface area contributed by atoms with Crippen LogP contribution in [0.1, 0.15) is 16.8 Å². The van der Waals surface area contributed by atoms with Crippen LogP contribution in [0.25, 0.3) is 5.69 Å². The molecule has 18 heavy (non-hydrogen) atoms. The van der Waals surface area contributed by atoms with Crippen molar-refractivity contribution >= 4 is 11.6 Å². The first-order chi connectivity index (χ1) is 8.56. The number of aryl methyl sites for hydroxylation is 2. The van der Waals surface area contributed by atoms with Gasteiger partial charge in [0, 0.05) is 22.8 Å². The molecule has 0 bridgehead atoms. The van der Waals surface area contributed by atoms with E-state index in [0.717, 1.165) is 22.5 Å². The second-order valence-electron chi connectivity index (χ2n) is 4.12. The summed E-state index contributed by atoms with van der Waals surface area (Å²) in [5, 5.41) is 14.2. The number of hydrogen-bond acceptors (Lipinski definition) is 3.